The molecular weight excluding hydrogens is 276 g/mol. The molecule has 3 N–H and O–H groups in total. The van der Waals surface area contributed by atoms with Crippen LogP contribution in [0, 0.1) is 0 Å². The maximum absolute atomic E-state index is 12.3. The van der Waals surface area contributed by atoms with Crippen molar-refractivity contribution in [3.8, 4) is 0 Å². The lowest BCUT2D eigenvalue weighted by molar-refractivity contribution is -0.139. The van der Waals surface area contributed by atoms with Crippen molar-refractivity contribution in [1.82, 2.24) is 20.2 Å². The smallest absolute Gasteiger partial charge is 0.326 e. The van der Waals surface area contributed by atoms with E-state index in [4.69, 9.17) is 4.74 Å². The second-order valence-corrected chi connectivity index (χ2v) is 5.64. The predicted molar refractivity (Wildman–Crippen MR) is 73.9 cm³/mol. The van der Waals surface area contributed by atoms with Crippen LogP contribution in [-0.4, -0.2) is 63.3 Å². The summed E-state index contributed by atoms with van der Waals surface area (Å²) in [6.07, 6.45) is 3.17. The van der Waals surface area contributed by atoms with Crippen LogP contribution in [0.2, 0.25) is 0 Å². The molecule has 1 aliphatic rings. The second-order valence-electron chi connectivity index (χ2n) is 5.64. The monoisotopic (exact) mass is 296 g/mol. The van der Waals surface area contributed by atoms with E-state index in [1.807, 2.05) is 13.8 Å². The number of carbonyl (C=O) groups excluding carboxylic acids is 1. The Labute approximate surface area is 122 Å². The van der Waals surface area contributed by atoms with Gasteiger partial charge in [-0.25, -0.2) is 14.6 Å². The minimum absolute atomic E-state index is 0.159. The fraction of sp³-hybridized carbons (Fsp3) is 0.615. The molecule has 0 saturated carbocycles. The summed E-state index contributed by atoms with van der Waals surface area (Å²) in [6.45, 7) is 5.09. The first-order valence-electron chi connectivity index (χ1n) is 6.76. The average molecular weight is 296 g/mol. The van der Waals surface area contributed by atoms with E-state index in [1.54, 1.807) is 11.1 Å². The quantitative estimate of drug-likeness (QED) is 0.737. The first-order valence-corrected chi connectivity index (χ1v) is 6.76. The normalized spacial score (nSPS) is 19.0. The van der Waals surface area contributed by atoms with E-state index < -0.39 is 23.6 Å². The van der Waals surface area contributed by atoms with Crippen molar-refractivity contribution < 1.29 is 19.4 Å². The second kappa shape index (κ2) is 6.13. The van der Waals surface area contributed by atoms with E-state index >= 15 is 0 Å². The van der Waals surface area contributed by atoms with Crippen LogP contribution < -0.4 is 5.32 Å². The molecule has 8 heteroatoms. The Kier molecular flexibility index (Phi) is 4.46. The van der Waals surface area contributed by atoms with Crippen molar-refractivity contribution in [2.24, 2.45) is 0 Å². The lowest BCUT2D eigenvalue weighted by Crippen LogP contribution is -2.60. The molecule has 2 rings (SSSR count). The molecule has 0 spiro atoms. The molecule has 2 heterocycles. The molecule has 0 aromatic carbocycles. The van der Waals surface area contributed by atoms with Crippen LogP contribution in [0.25, 0.3) is 0 Å². The lowest BCUT2D eigenvalue weighted by Gasteiger charge is -2.42. The molecule has 1 saturated heterocycles. The Balaban J connectivity index is 2.02. The number of hydrogen-bond donors (Lipinski definition) is 3. The minimum Gasteiger partial charge on any atom is -0.480 e. The topological polar surface area (TPSA) is 108 Å². The van der Waals surface area contributed by atoms with Crippen molar-refractivity contribution in [2.75, 3.05) is 19.8 Å². The molecule has 0 radical (unpaired) electrons. The van der Waals surface area contributed by atoms with Gasteiger partial charge in [0.25, 0.3) is 0 Å². The number of nitrogens with one attached hydrogen (secondary N) is 2. The Bertz CT molecular complexity index is 500. The van der Waals surface area contributed by atoms with Crippen LogP contribution in [0.3, 0.4) is 0 Å². The number of urea groups is 1. The van der Waals surface area contributed by atoms with Gasteiger partial charge in [-0.3, -0.25) is 0 Å². The van der Waals surface area contributed by atoms with Crippen molar-refractivity contribution in [3.63, 3.8) is 0 Å². The first kappa shape index (κ1) is 15.3. The number of aromatic amines is 1. The fourth-order valence-electron chi connectivity index (χ4n) is 2.28. The standard InChI is InChI=1S/C13H20N4O4/c1-13(2)7-21-4-3-17(13)12(20)16-10(11(18)19)5-9-6-14-8-15-9/h6,8,10H,3-5,7H2,1-2H3,(H,14,15)(H,16,20)(H,18,19)/t10-/m0/s1. The molecule has 0 bridgehead atoms. The molecular formula is C13H20N4O4. The molecule has 21 heavy (non-hydrogen) atoms. The number of ether oxygens (including phenoxy) is 1. The molecule has 116 valence electrons. The molecule has 0 unspecified atom stereocenters. The number of carboxylic acids is 1. The SMILES string of the molecule is CC1(C)COCCN1C(=O)N[C@@H](Cc1cnc[nH]1)C(=O)O. The van der Waals surface area contributed by atoms with Gasteiger partial charge in [0.05, 0.1) is 25.1 Å². The van der Waals surface area contributed by atoms with Crippen LogP contribution in [0.1, 0.15) is 19.5 Å². The number of aromatic nitrogens is 2. The molecule has 0 aliphatic carbocycles. The van der Waals surface area contributed by atoms with Gasteiger partial charge in [-0.1, -0.05) is 0 Å². The molecule has 1 aromatic heterocycles. The minimum atomic E-state index is -1.08. The van der Waals surface area contributed by atoms with E-state index in [9.17, 15) is 14.7 Å². The summed E-state index contributed by atoms with van der Waals surface area (Å²) in [5.74, 6) is -1.08. The highest BCUT2D eigenvalue weighted by molar-refractivity contribution is 5.83. The van der Waals surface area contributed by atoms with Gasteiger partial charge >= 0.3 is 12.0 Å². The van der Waals surface area contributed by atoms with Crippen LogP contribution in [0.4, 0.5) is 4.79 Å². The Morgan fingerprint density at radius 1 is 1.62 bits per heavy atom. The summed E-state index contributed by atoms with van der Waals surface area (Å²) < 4.78 is 5.35. The number of morpholine rings is 1. The zero-order valence-corrected chi connectivity index (χ0v) is 12.1. The third-order valence-electron chi connectivity index (χ3n) is 3.47. The summed E-state index contributed by atoms with van der Waals surface area (Å²) in [5.41, 5.74) is 0.197. The number of carboxylic acid groups (broad SMARTS) is 1. The van der Waals surface area contributed by atoms with Gasteiger partial charge < -0.3 is 25.0 Å². The third-order valence-corrected chi connectivity index (χ3v) is 3.47. The summed E-state index contributed by atoms with van der Waals surface area (Å²) in [7, 11) is 0. The lowest BCUT2D eigenvalue weighted by atomic mass is 10.0. The molecule has 1 fully saturated rings. The van der Waals surface area contributed by atoms with E-state index in [-0.39, 0.29) is 6.42 Å². The molecule has 1 atom stereocenters. The molecule has 1 aromatic rings. The predicted octanol–water partition coefficient (Wildman–Crippen LogP) is 0.226. The Morgan fingerprint density at radius 3 is 2.95 bits per heavy atom. The van der Waals surface area contributed by atoms with Gasteiger partial charge in [-0.2, -0.15) is 0 Å². The van der Waals surface area contributed by atoms with Gasteiger partial charge in [0.15, 0.2) is 0 Å². The third kappa shape index (κ3) is 3.72. The largest absolute Gasteiger partial charge is 0.480 e. The molecule has 2 amide bonds. The number of rotatable bonds is 4. The van der Waals surface area contributed by atoms with Crippen molar-refractivity contribution in [3.05, 3.63) is 18.2 Å². The van der Waals surface area contributed by atoms with Crippen LogP contribution >= 0.6 is 0 Å². The zero-order valence-electron chi connectivity index (χ0n) is 12.1. The number of hydrogen-bond acceptors (Lipinski definition) is 4. The average Bonchev–Trinajstić information content (AvgIpc) is 2.90. The molecule has 8 nitrogen and oxygen atoms in total. The zero-order chi connectivity index (χ0) is 15.5. The highest BCUT2D eigenvalue weighted by atomic mass is 16.5. The summed E-state index contributed by atoms with van der Waals surface area (Å²) in [4.78, 5) is 31.9. The highest BCUT2D eigenvalue weighted by Crippen LogP contribution is 2.19. The van der Waals surface area contributed by atoms with Gasteiger partial charge in [0.2, 0.25) is 0 Å². The van der Waals surface area contributed by atoms with Crippen LogP contribution in [0.5, 0.6) is 0 Å². The number of amides is 2. The summed E-state index contributed by atoms with van der Waals surface area (Å²) in [5, 5.41) is 11.8. The van der Waals surface area contributed by atoms with E-state index in [1.165, 1.54) is 6.33 Å². The summed E-state index contributed by atoms with van der Waals surface area (Å²) in [6, 6.07) is -1.40. The summed E-state index contributed by atoms with van der Waals surface area (Å²) >= 11 is 0. The van der Waals surface area contributed by atoms with Gasteiger partial charge in [-0.15, -0.1) is 0 Å². The van der Waals surface area contributed by atoms with Crippen LogP contribution in [-0.2, 0) is 16.0 Å². The number of imidazole rings is 1. The van der Waals surface area contributed by atoms with Crippen LogP contribution in [0.15, 0.2) is 12.5 Å². The molecule has 1 aliphatic heterocycles. The van der Waals surface area contributed by atoms with E-state index in [0.717, 1.165) is 0 Å². The highest BCUT2D eigenvalue weighted by Gasteiger charge is 2.35. The van der Waals surface area contributed by atoms with Gasteiger partial charge in [0, 0.05) is 24.9 Å². The van der Waals surface area contributed by atoms with Gasteiger partial charge in [0.1, 0.15) is 6.04 Å². The Morgan fingerprint density at radius 2 is 2.38 bits per heavy atom. The van der Waals surface area contributed by atoms with Crippen molar-refractivity contribution >= 4 is 12.0 Å². The van der Waals surface area contributed by atoms with Crippen molar-refractivity contribution in [2.45, 2.75) is 31.8 Å². The first-order chi connectivity index (χ1) is 9.90. The number of nitrogens with zero attached hydrogens (tertiary/aromatic N) is 2. The number of carbonyl (C=O) groups is 2. The van der Waals surface area contributed by atoms with E-state index in [2.05, 4.69) is 15.3 Å². The van der Waals surface area contributed by atoms with E-state index in [0.29, 0.717) is 25.5 Å². The number of aliphatic carboxylic acids is 1. The Hall–Kier alpha value is -2.09. The number of H-pyrrole nitrogens is 1. The fourth-order valence-corrected chi connectivity index (χ4v) is 2.28. The maximum atomic E-state index is 12.3. The van der Waals surface area contributed by atoms with Crippen molar-refractivity contribution in [1.29, 1.82) is 0 Å². The van der Waals surface area contributed by atoms with Gasteiger partial charge in [-0.05, 0) is 13.8 Å². The maximum Gasteiger partial charge on any atom is 0.326 e.